The number of urea groups is 1. The predicted octanol–water partition coefficient (Wildman–Crippen LogP) is 2.42. The quantitative estimate of drug-likeness (QED) is 0.921. The first kappa shape index (κ1) is 17.1. The molecule has 1 aromatic carbocycles. The number of likely N-dealkylation sites (tertiary alicyclic amines) is 2. The Morgan fingerprint density at radius 3 is 2.58 bits per heavy atom. The smallest absolute Gasteiger partial charge is 0.317 e. The van der Waals surface area contributed by atoms with E-state index in [1.165, 1.54) is 0 Å². The second kappa shape index (κ2) is 6.63. The van der Waals surface area contributed by atoms with Crippen molar-refractivity contribution in [2.45, 2.75) is 33.3 Å². The molecule has 2 amide bonds. The average molecular weight is 331 g/mol. The molecule has 0 aliphatic carbocycles. The summed E-state index contributed by atoms with van der Waals surface area (Å²) in [7, 11) is 2.14. The number of para-hydroxylation sites is 1. The molecular weight excluding hydrogens is 302 g/mol. The van der Waals surface area contributed by atoms with Gasteiger partial charge in [-0.25, -0.2) is 4.79 Å². The van der Waals surface area contributed by atoms with Crippen molar-refractivity contribution in [3.8, 4) is 5.75 Å². The molecule has 1 atom stereocenters. The Balaban J connectivity index is 1.44. The summed E-state index contributed by atoms with van der Waals surface area (Å²) in [4.78, 5) is 16.4. The van der Waals surface area contributed by atoms with Gasteiger partial charge in [0, 0.05) is 13.1 Å². The Kier molecular flexibility index (Phi) is 4.72. The highest BCUT2D eigenvalue weighted by molar-refractivity contribution is 5.75. The maximum absolute atomic E-state index is 12.3. The number of ether oxygens (including phenoxy) is 1. The molecule has 0 spiro atoms. The van der Waals surface area contributed by atoms with Crippen molar-refractivity contribution >= 4 is 6.03 Å². The van der Waals surface area contributed by atoms with Crippen LogP contribution in [0, 0.1) is 19.3 Å². The largest absolute Gasteiger partial charge is 0.486 e. The van der Waals surface area contributed by atoms with E-state index >= 15 is 0 Å². The number of rotatable bonds is 4. The third-order valence-corrected chi connectivity index (χ3v) is 5.24. The van der Waals surface area contributed by atoms with Gasteiger partial charge in [0.05, 0.1) is 13.1 Å². The summed E-state index contributed by atoms with van der Waals surface area (Å²) < 4.78 is 6.08. The standard InChI is InChI=1S/C19H29N3O2/c1-14-6-5-7-15(2)17(14)24-16-10-22(11-16)18(23)20-12-19(3)8-9-21(4)13-19/h5-7,16H,8-13H2,1-4H3,(H,20,23)/t19-/m0/s1. The summed E-state index contributed by atoms with van der Waals surface area (Å²) in [6.45, 7) is 10.6. The van der Waals surface area contributed by atoms with Crippen LogP contribution in [0.25, 0.3) is 0 Å². The van der Waals surface area contributed by atoms with Crippen molar-refractivity contribution < 1.29 is 9.53 Å². The molecule has 0 saturated carbocycles. The van der Waals surface area contributed by atoms with Crippen molar-refractivity contribution in [2.75, 3.05) is 39.8 Å². The van der Waals surface area contributed by atoms with Crippen LogP contribution >= 0.6 is 0 Å². The molecule has 5 heteroatoms. The summed E-state index contributed by atoms with van der Waals surface area (Å²) in [6.07, 6.45) is 1.24. The summed E-state index contributed by atoms with van der Waals surface area (Å²) in [6, 6.07) is 6.20. The van der Waals surface area contributed by atoms with Crippen LogP contribution in [0.3, 0.4) is 0 Å². The minimum Gasteiger partial charge on any atom is -0.486 e. The Morgan fingerprint density at radius 1 is 1.33 bits per heavy atom. The zero-order valence-electron chi connectivity index (χ0n) is 15.3. The molecule has 2 aliphatic rings. The Bertz CT molecular complexity index is 592. The SMILES string of the molecule is Cc1cccc(C)c1OC1CN(C(=O)NC[C@]2(C)CCN(C)C2)C1. The monoisotopic (exact) mass is 331 g/mol. The van der Waals surface area contributed by atoms with E-state index in [4.69, 9.17) is 4.74 Å². The van der Waals surface area contributed by atoms with E-state index in [-0.39, 0.29) is 17.6 Å². The second-order valence-electron chi connectivity index (χ2n) is 7.82. The van der Waals surface area contributed by atoms with Gasteiger partial charge in [0.1, 0.15) is 11.9 Å². The van der Waals surface area contributed by atoms with Gasteiger partial charge in [-0.3, -0.25) is 0 Å². The molecule has 132 valence electrons. The third-order valence-electron chi connectivity index (χ3n) is 5.24. The number of benzene rings is 1. The van der Waals surface area contributed by atoms with Crippen LogP contribution in [0.5, 0.6) is 5.75 Å². The number of hydrogen-bond acceptors (Lipinski definition) is 3. The minimum absolute atomic E-state index is 0.0344. The van der Waals surface area contributed by atoms with Gasteiger partial charge >= 0.3 is 6.03 Å². The van der Waals surface area contributed by atoms with Crippen molar-refractivity contribution in [3.05, 3.63) is 29.3 Å². The van der Waals surface area contributed by atoms with Crippen LogP contribution in [0.1, 0.15) is 24.5 Å². The predicted molar refractivity (Wildman–Crippen MR) is 95.5 cm³/mol. The zero-order chi connectivity index (χ0) is 17.3. The molecule has 1 aromatic rings. The number of nitrogens with zero attached hydrogens (tertiary/aromatic N) is 2. The molecule has 2 aliphatic heterocycles. The van der Waals surface area contributed by atoms with Gasteiger partial charge in [-0.2, -0.15) is 0 Å². The van der Waals surface area contributed by atoms with Gasteiger partial charge in [-0.05, 0) is 50.4 Å². The lowest BCUT2D eigenvalue weighted by Crippen LogP contribution is -2.59. The van der Waals surface area contributed by atoms with Crippen LogP contribution in [0.15, 0.2) is 18.2 Å². The van der Waals surface area contributed by atoms with Crippen LogP contribution in [-0.4, -0.2) is 61.7 Å². The Hall–Kier alpha value is -1.75. The number of hydrogen-bond donors (Lipinski definition) is 1. The van der Waals surface area contributed by atoms with Crippen molar-refractivity contribution in [2.24, 2.45) is 5.41 Å². The molecule has 5 nitrogen and oxygen atoms in total. The lowest BCUT2D eigenvalue weighted by Gasteiger charge is -2.40. The van der Waals surface area contributed by atoms with Crippen molar-refractivity contribution in [1.82, 2.24) is 15.1 Å². The van der Waals surface area contributed by atoms with Crippen molar-refractivity contribution in [1.29, 1.82) is 0 Å². The van der Waals surface area contributed by atoms with Crippen LogP contribution in [0.2, 0.25) is 0 Å². The number of carbonyl (C=O) groups excluding carboxylic acids is 1. The third kappa shape index (κ3) is 3.66. The molecule has 2 fully saturated rings. The van der Waals surface area contributed by atoms with Gasteiger partial charge < -0.3 is 19.9 Å². The first-order valence-electron chi connectivity index (χ1n) is 8.80. The normalized spacial score (nSPS) is 24.8. The molecule has 1 N–H and O–H groups in total. The van der Waals surface area contributed by atoms with Crippen molar-refractivity contribution in [3.63, 3.8) is 0 Å². The van der Waals surface area contributed by atoms with E-state index in [0.29, 0.717) is 13.1 Å². The summed E-state index contributed by atoms with van der Waals surface area (Å²) in [5.41, 5.74) is 2.50. The van der Waals surface area contributed by atoms with Crippen LogP contribution in [-0.2, 0) is 0 Å². The van der Waals surface area contributed by atoms with E-state index in [9.17, 15) is 4.79 Å². The topological polar surface area (TPSA) is 44.8 Å². The molecule has 3 rings (SSSR count). The highest BCUT2D eigenvalue weighted by Gasteiger charge is 2.36. The highest BCUT2D eigenvalue weighted by atomic mass is 16.5. The molecular formula is C19H29N3O2. The Labute approximate surface area is 145 Å². The fourth-order valence-corrected chi connectivity index (χ4v) is 3.65. The minimum atomic E-state index is 0.0344. The molecule has 24 heavy (non-hydrogen) atoms. The van der Waals surface area contributed by atoms with E-state index in [0.717, 1.165) is 42.9 Å². The molecule has 2 saturated heterocycles. The second-order valence-corrected chi connectivity index (χ2v) is 7.82. The van der Waals surface area contributed by atoms with E-state index in [2.05, 4.69) is 50.2 Å². The van der Waals surface area contributed by atoms with Gasteiger partial charge in [0.15, 0.2) is 0 Å². The number of nitrogens with one attached hydrogen (secondary N) is 1. The fourth-order valence-electron chi connectivity index (χ4n) is 3.65. The van der Waals surface area contributed by atoms with Gasteiger partial charge in [-0.1, -0.05) is 25.1 Å². The molecule has 2 heterocycles. The number of aryl methyl sites for hydroxylation is 2. The first-order valence-corrected chi connectivity index (χ1v) is 8.80. The molecule has 0 aromatic heterocycles. The summed E-state index contributed by atoms with van der Waals surface area (Å²) in [5, 5.41) is 3.10. The maximum atomic E-state index is 12.3. The summed E-state index contributed by atoms with van der Waals surface area (Å²) in [5.74, 6) is 0.962. The summed E-state index contributed by atoms with van der Waals surface area (Å²) >= 11 is 0. The van der Waals surface area contributed by atoms with Gasteiger partial charge in [-0.15, -0.1) is 0 Å². The lowest BCUT2D eigenvalue weighted by atomic mass is 9.90. The Morgan fingerprint density at radius 2 is 2.00 bits per heavy atom. The average Bonchev–Trinajstić information content (AvgIpc) is 2.82. The van der Waals surface area contributed by atoms with Crippen LogP contribution in [0.4, 0.5) is 4.79 Å². The van der Waals surface area contributed by atoms with Gasteiger partial charge in [0.2, 0.25) is 0 Å². The van der Waals surface area contributed by atoms with Gasteiger partial charge in [0.25, 0.3) is 0 Å². The zero-order valence-corrected chi connectivity index (χ0v) is 15.3. The van der Waals surface area contributed by atoms with E-state index in [1.807, 2.05) is 11.0 Å². The first-order chi connectivity index (χ1) is 11.4. The lowest BCUT2D eigenvalue weighted by molar-refractivity contribution is 0.0427. The fraction of sp³-hybridized carbons (Fsp3) is 0.632. The van der Waals surface area contributed by atoms with E-state index < -0.39 is 0 Å². The molecule has 0 radical (unpaired) electrons. The van der Waals surface area contributed by atoms with Crippen LogP contribution < -0.4 is 10.1 Å². The maximum Gasteiger partial charge on any atom is 0.317 e. The number of amides is 2. The molecule has 0 bridgehead atoms. The van der Waals surface area contributed by atoms with E-state index in [1.54, 1.807) is 0 Å². The highest BCUT2D eigenvalue weighted by Crippen LogP contribution is 2.28. The molecule has 0 unspecified atom stereocenters. The number of carbonyl (C=O) groups is 1.